The van der Waals surface area contributed by atoms with Crippen LogP contribution in [0.2, 0.25) is 0 Å². The van der Waals surface area contributed by atoms with Gasteiger partial charge >= 0.3 is 0 Å². The molecule has 18 heavy (non-hydrogen) atoms. The largest absolute Gasteiger partial charge is 0.382 e. The van der Waals surface area contributed by atoms with Crippen molar-refractivity contribution in [3.05, 3.63) is 17.8 Å². The monoisotopic (exact) mass is 270 g/mol. The molecule has 0 atom stereocenters. The predicted octanol–water partition coefficient (Wildman–Crippen LogP) is -0.681. The molecule has 1 amide bonds. The maximum absolute atomic E-state index is 12.1. The minimum absolute atomic E-state index is 0.00113. The Labute approximate surface area is 105 Å². The number of sulfone groups is 1. The van der Waals surface area contributed by atoms with Gasteiger partial charge in [0.05, 0.1) is 11.5 Å². The van der Waals surface area contributed by atoms with E-state index < -0.39 is 9.84 Å². The number of rotatable bonds is 1. The molecule has 0 aromatic carbocycles. The average molecular weight is 270 g/mol. The van der Waals surface area contributed by atoms with Crippen LogP contribution in [0.15, 0.2) is 12.1 Å². The Morgan fingerprint density at radius 2 is 2.00 bits per heavy atom. The van der Waals surface area contributed by atoms with Crippen molar-refractivity contribution in [1.82, 2.24) is 15.1 Å². The number of hydrogen-bond donors (Lipinski definition) is 1. The van der Waals surface area contributed by atoms with Crippen LogP contribution in [0, 0.1) is 0 Å². The topological polar surface area (TPSA) is 106 Å². The molecule has 0 radical (unpaired) electrons. The molecule has 7 nitrogen and oxygen atoms in total. The van der Waals surface area contributed by atoms with Crippen molar-refractivity contribution in [2.75, 3.05) is 30.3 Å². The van der Waals surface area contributed by atoms with Crippen molar-refractivity contribution in [1.29, 1.82) is 0 Å². The van der Waals surface area contributed by atoms with Crippen molar-refractivity contribution in [2.45, 2.75) is 6.42 Å². The van der Waals surface area contributed by atoms with Gasteiger partial charge in [-0.25, -0.2) is 8.42 Å². The van der Waals surface area contributed by atoms with Gasteiger partial charge in [0.25, 0.3) is 5.91 Å². The van der Waals surface area contributed by atoms with Gasteiger partial charge in [0.2, 0.25) is 0 Å². The maximum Gasteiger partial charge on any atom is 0.274 e. The van der Waals surface area contributed by atoms with Gasteiger partial charge in [0, 0.05) is 13.1 Å². The molecule has 0 aliphatic carbocycles. The molecule has 1 saturated heterocycles. The van der Waals surface area contributed by atoms with Crippen LogP contribution in [-0.2, 0) is 9.84 Å². The first-order valence-electron chi connectivity index (χ1n) is 5.57. The minimum atomic E-state index is -3.02. The lowest BCUT2D eigenvalue weighted by molar-refractivity contribution is 0.0761. The maximum atomic E-state index is 12.1. The summed E-state index contributed by atoms with van der Waals surface area (Å²) < 4.78 is 22.9. The second-order valence-corrected chi connectivity index (χ2v) is 6.44. The van der Waals surface area contributed by atoms with Crippen LogP contribution in [0.25, 0.3) is 0 Å². The summed E-state index contributed by atoms with van der Waals surface area (Å²) in [6.07, 6.45) is 0.455. The van der Waals surface area contributed by atoms with E-state index in [9.17, 15) is 13.2 Å². The number of nitrogens with two attached hydrogens (primary N) is 1. The molecule has 0 spiro atoms. The summed E-state index contributed by atoms with van der Waals surface area (Å²) in [5.41, 5.74) is 5.57. The van der Waals surface area contributed by atoms with E-state index in [-0.39, 0.29) is 35.5 Å². The Kier molecular flexibility index (Phi) is 3.46. The van der Waals surface area contributed by atoms with Gasteiger partial charge < -0.3 is 10.6 Å². The molecule has 2 rings (SSSR count). The minimum Gasteiger partial charge on any atom is -0.382 e. The fraction of sp³-hybridized carbons (Fsp3) is 0.500. The quantitative estimate of drug-likeness (QED) is 0.724. The van der Waals surface area contributed by atoms with Crippen LogP contribution in [0.3, 0.4) is 0 Å². The number of nitrogens with zero attached hydrogens (tertiary/aromatic N) is 3. The first-order chi connectivity index (χ1) is 8.48. The van der Waals surface area contributed by atoms with Gasteiger partial charge in [-0.15, -0.1) is 10.2 Å². The molecule has 8 heteroatoms. The van der Waals surface area contributed by atoms with E-state index in [1.807, 2.05) is 0 Å². The zero-order chi connectivity index (χ0) is 13.2. The number of anilines is 1. The lowest BCUT2D eigenvalue weighted by Crippen LogP contribution is -2.34. The molecule has 0 bridgehead atoms. The molecule has 1 aromatic heterocycles. The first kappa shape index (κ1) is 12.7. The Balaban J connectivity index is 2.12. The molecule has 0 unspecified atom stereocenters. The summed E-state index contributed by atoms with van der Waals surface area (Å²) in [4.78, 5) is 13.6. The number of aromatic nitrogens is 2. The molecule has 1 aromatic rings. The number of amides is 1. The number of carbonyl (C=O) groups is 1. The van der Waals surface area contributed by atoms with Crippen molar-refractivity contribution in [3.8, 4) is 0 Å². The van der Waals surface area contributed by atoms with Gasteiger partial charge in [-0.3, -0.25) is 4.79 Å². The Hall–Kier alpha value is -1.70. The Bertz CT molecular complexity index is 541. The summed E-state index contributed by atoms with van der Waals surface area (Å²) in [6, 6.07) is 2.98. The van der Waals surface area contributed by atoms with Gasteiger partial charge in [-0.1, -0.05) is 0 Å². The second-order valence-electron chi connectivity index (χ2n) is 4.14. The van der Waals surface area contributed by atoms with Crippen LogP contribution in [0.1, 0.15) is 16.9 Å². The van der Waals surface area contributed by atoms with E-state index in [0.29, 0.717) is 13.0 Å². The van der Waals surface area contributed by atoms with Gasteiger partial charge in [-0.05, 0) is 18.6 Å². The SMILES string of the molecule is Nc1ccc(C(=O)N2CCCS(=O)(=O)CC2)nn1. The second kappa shape index (κ2) is 4.89. The van der Waals surface area contributed by atoms with E-state index >= 15 is 0 Å². The molecular weight excluding hydrogens is 256 g/mol. The smallest absolute Gasteiger partial charge is 0.274 e. The third-order valence-corrected chi connectivity index (χ3v) is 4.46. The third kappa shape index (κ3) is 2.95. The molecule has 1 aliphatic heterocycles. The summed E-state index contributed by atoms with van der Waals surface area (Å²) in [7, 11) is -3.02. The van der Waals surface area contributed by atoms with E-state index in [1.165, 1.54) is 17.0 Å². The first-order valence-corrected chi connectivity index (χ1v) is 7.39. The van der Waals surface area contributed by atoms with Gasteiger partial charge in [0.15, 0.2) is 15.5 Å². The van der Waals surface area contributed by atoms with E-state index in [0.717, 1.165) is 0 Å². The van der Waals surface area contributed by atoms with Crippen molar-refractivity contribution >= 4 is 21.6 Å². The number of carbonyl (C=O) groups excluding carboxylic acids is 1. The van der Waals surface area contributed by atoms with Crippen LogP contribution in [-0.4, -0.2) is 54.0 Å². The molecule has 0 saturated carbocycles. The molecule has 2 N–H and O–H groups in total. The third-order valence-electron chi connectivity index (χ3n) is 2.75. The fourth-order valence-corrected chi connectivity index (χ4v) is 3.03. The zero-order valence-corrected chi connectivity index (χ0v) is 10.6. The lowest BCUT2D eigenvalue weighted by Gasteiger charge is -2.18. The molecule has 1 fully saturated rings. The summed E-state index contributed by atoms with van der Waals surface area (Å²) in [6.45, 7) is 0.622. The van der Waals surface area contributed by atoms with E-state index in [2.05, 4.69) is 10.2 Å². The predicted molar refractivity (Wildman–Crippen MR) is 65.6 cm³/mol. The summed E-state index contributed by atoms with van der Waals surface area (Å²) >= 11 is 0. The molecular formula is C10H14N4O3S. The molecule has 2 heterocycles. The molecule has 1 aliphatic rings. The van der Waals surface area contributed by atoms with Crippen LogP contribution >= 0.6 is 0 Å². The standard InChI is InChI=1S/C10H14N4O3S/c11-9-3-2-8(12-13-9)10(15)14-4-1-6-18(16,17)7-5-14/h2-3H,1,4-7H2,(H2,11,13). The zero-order valence-electron chi connectivity index (χ0n) is 9.74. The van der Waals surface area contributed by atoms with E-state index in [1.54, 1.807) is 0 Å². The fourth-order valence-electron chi connectivity index (χ4n) is 1.76. The highest BCUT2D eigenvalue weighted by atomic mass is 32.2. The summed E-state index contributed by atoms with van der Waals surface area (Å²) in [5, 5.41) is 7.31. The van der Waals surface area contributed by atoms with Gasteiger partial charge in [0.1, 0.15) is 5.82 Å². The number of hydrogen-bond acceptors (Lipinski definition) is 6. The molecule has 98 valence electrons. The highest BCUT2D eigenvalue weighted by Gasteiger charge is 2.24. The van der Waals surface area contributed by atoms with Crippen LogP contribution < -0.4 is 5.73 Å². The van der Waals surface area contributed by atoms with Crippen molar-refractivity contribution < 1.29 is 13.2 Å². The van der Waals surface area contributed by atoms with Crippen LogP contribution in [0.5, 0.6) is 0 Å². The highest BCUT2D eigenvalue weighted by Crippen LogP contribution is 2.09. The normalized spacial score (nSPS) is 19.2. The van der Waals surface area contributed by atoms with Crippen molar-refractivity contribution in [3.63, 3.8) is 0 Å². The van der Waals surface area contributed by atoms with Crippen LogP contribution in [0.4, 0.5) is 5.82 Å². The summed E-state index contributed by atoms with van der Waals surface area (Å²) in [5.74, 6) is 0.0651. The Morgan fingerprint density at radius 3 is 2.67 bits per heavy atom. The van der Waals surface area contributed by atoms with Gasteiger partial charge in [-0.2, -0.15) is 0 Å². The number of nitrogen functional groups attached to an aromatic ring is 1. The van der Waals surface area contributed by atoms with Crippen molar-refractivity contribution in [2.24, 2.45) is 0 Å². The Morgan fingerprint density at radius 1 is 1.22 bits per heavy atom. The average Bonchev–Trinajstić information content (AvgIpc) is 2.50. The lowest BCUT2D eigenvalue weighted by atomic mass is 10.3. The van der Waals surface area contributed by atoms with E-state index in [4.69, 9.17) is 5.73 Å². The highest BCUT2D eigenvalue weighted by molar-refractivity contribution is 7.91.